The van der Waals surface area contributed by atoms with Gasteiger partial charge in [0.05, 0.1) is 39.6 Å². The lowest BCUT2D eigenvalue weighted by atomic mass is 10.0. The maximum absolute atomic E-state index is 11.7. The van der Waals surface area contributed by atoms with Crippen molar-refractivity contribution < 1.29 is 29.3 Å². The Bertz CT molecular complexity index is 595. The van der Waals surface area contributed by atoms with Crippen LogP contribution in [0.2, 0.25) is 0 Å². The number of nitrogens with one attached hydrogen (secondary N) is 2. The molecule has 4 N–H and O–H groups in total. The molecule has 0 aromatic heterocycles. The third-order valence-corrected chi connectivity index (χ3v) is 5.85. The lowest BCUT2D eigenvalue weighted by Gasteiger charge is -2.06. The number of hydrogen-bond donors (Lipinski definition) is 4. The second kappa shape index (κ2) is 28.8. The first-order valence-electron chi connectivity index (χ1n) is 14.3. The molecule has 2 amide bonds. The van der Waals surface area contributed by atoms with E-state index >= 15 is 0 Å². The van der Waals surface area contributed by atoms with Gasteiger partial charge in [-0.05, 0) is 58.3 Å². The number of unbranched alkanes of at least 4 members (excludes halogenated alkanes) is 8. The molecule has 216 valence electrons. The number of aliphatic hydroxyl groups is 2. The summed E-state index contributed by atoms with van der Waals surface area (Å²) in [5.41, 5.74) is 1.45. The Hall–Kier alpha value is -1.74. The first kappa shape index (κ1) is 35.3. The molecule has 0 atom stereocenters. The molecule has 0 aromatic rings. The van der Waals surface area contributed by atoms with Crippen LogP contribution in [0.25, 0.3) is 0 Å². The monoisotopic (exact) mass is 526 g/mol. The number of amides is 2. The fraction of sp³-hybridized carbons (Fsp3) is 0.793. The Kier molecular flexibility index (Phi) is 27.5. The molecular weight excluding hydrogens is 472 g/mol. The maximum Gasteiger partial charge on any atom is 0.220 e. The lowest BCUT2D eigenvalue weighted by Crippen LogP contribution is -2.27. The van der Waals surface area contributed by atoms with Gasteiger partial charge in [-0.25, -0.2) is 0 Å². The number of allylic oxidation sites excluding steroid dienone is 4. The summed E-state index contributed by atoms with van der Waals surface area (Å²) in [7, 11) is 0. The summed E-state index contributed by atoms with van der Waals surface area (Å²) >= 11 is 0. The lowest BCUT2D eigenvalue weighted by molar-refractivity contribution is -0.122. The third kappa shape index (κ3) is 28.7. The number of carbonyl (C=O) groups is 2. The van der Waals surface area contributed by atoms with Crippen LogP contribution in [0, 0.1) is 0 Å². The minimum absolute atomic E-state index is 0.0119. The Morgan fingerprint density at radius 1 is 0.622 bits per heavy atom. The number of hydrogen-bond acceptors (Lipinski definition) is 6. The van der Waals surface area contributed by atoms with E-state index in [1.807, 2.05) is 0 Å². The van der Waals surface area contributed by atoms with Gasteiger partial charge in [-0.1, -0.05) is 49.5 Å². The molecular formula is C29H54N2O6. The predicted molar refractivity (Wildman–Crippen MR) is 149 cm³/mol. The van der Waals surface area contributed by atoms with Crippen LogP contribution in [-0.2, 0) is 19.1 Å². The molecule has 0 spiro atoms. The van der Waals surface area contributed by atoms with E-state index in [-0.39, 0.29) is 25.0 Å². The van der Waals surface area contributed by atoms with Gasteiger partial charge in [-0.2, -0.15) is 0 Å². The molecule has 0 saturated heterocycles. The van der Waals surface area contributed by atoms with Crippen LogP contribution >= 0.6 is 0 Å². The van der Waals surface area contributed by atoms with Crippen molar-refractivity contribution in [1.29, 1.82) is 0 Å². The summed E-state index contributed by atoms with van der Waals surface area (Å²) in [5, 5.41) is 22.9. The number of carbonyl (C=O) groups excluding carboxylic acids is 2. The molecule has 0 fully saturated rings. The van der Waals surface area contributed by atoms with Crippen molar-refractivity contribution >= 4 is 11.8 Å². The second-order valence-corrected chi connectivity index (χ2v) is 9.34. The van der Waals surface area contributed by atoms with Crippen molar-refractivity contribution in [3.05, 3.63) is 23.8 Å². The van der Waals surface area contributed by atoms with E-state index < -0.39 is 0 Å². The van der Waals surface area contributed by atoms with Crippen molar-refractivity contribution in [2.45, 2.75) is 96.8 Å². The van der Waals surface area contributed by atoms with Gasteiger partial charge in [0.2, 0.25) is 11.8 Å². The Morgan fingerprint density at radius 2 is 1.11 bits per heavy atom. The van der Waals surface area contributed by atoms with Crippen LogP contribution in [0.5, 0.6) is 0 Å². The van der Waals surface area contributed by atoms with Crippen LogP contribution in [0.15, 0.2) is 23.8 Å². The van der Waals surface area contributed by atoms with E-state index in [4.69, 9.17) is 19.7 Å². The van der Waals surface area contributed by atoms with E-state index in [0.29, 0.717) is 52.4 Å². The van der Waals surface area contributed by atoms with Crippen molar-refractivity contribution in [3.63, 3.8) is 0 Å². The Morgan fingerprint density at radius 3 is 1.65 bits per heavy atom. The van der Waals surface area contributed by atoms with Crippen LogP contribution in [0.3, 0.4) is 0 Å². The van der Waals surface area contributed by atoms with Crippen LogP contribution in [-0.4, -0.2) is 74.8 Å². The zero-order valence-electron chi connectivity index (χ0n) is 23.3. The fourth-order valence-electron chi connectivity index (χ4n) is 3.74. The molecule has 0 heterocycles. The van der Waals surface area contributed by atoms with Crippen molar-refractivity contribution in [2.75, 3.05) is 52.7 Å². The summed E-state index contributed by atoms with van der Waals surface area (Å²) in [6.07, 6.45) is 21.1. The molecule has 0 radical (unpaired) electrons. The van der Waals surface area contributed by atoms with Crippen LogP contribution in [0.1, 0.15) is 96.8 Å². The van der Waals surface area contributed by atoms with E-state index in [2.05, 4.69) is 35.8 Å². The molecule has 37 heavy (non-hydrogen) atoms. The van der Waals surface area contributed by atoms with Gasteiger partial charge in [-0.15, -0.1) is 0 Å². The third-order valence-electron chi connectivity index (χ3n) is 5.85. The van der Waals surface area contributed by atoms with Gasteiger partial charge >= 0.3 is 0 Å². The first-order valence-corrected chi connectivity index (χ1v) is 14.3. The normalized spacial score (nSPS) is 11.8. The summed E-state index contributed by atoms with van der Waals surface area (Å²) in [6, 6.07) is 0. The topological polar surface area (TPSA) is 117 Å². The average molecular weight is 527 g/mol. The SMILES string of the molecule is C/C(=C\CC/C=C/CCCCCCC(=O)NCCOCCO)CCCCCCC(=O)NCCOCCO. The number of aliphatic hydroxyl groups excluding tert-OH is 2. The highest BCUT2D eigenvalue weighted by atomic mass is 16.5. The summed E-state index contributed by atoms with van der Waals surface area (Å²) in [6.45, 7) is 4.77. The molecule has 8 heteroatoms. The zero-order valence-corrected chi connectivity index (χ0v) is 23.3. The van der Waals surface area contributed by atoms with Crippen molar-refractivity contribution in [1.82, 2.24) is 10.6 Å². The van der Waals surface area contributed by atoms with E-state index in [9.17, 15) is 9.59 Å². The first-order chi connectivity index (χ1) is 18.1. The van der Waals surface area contributed by atoms with Gasteiger partial charge < -0.3 is 30.3 Å². The highest BCUT2D eigenvalue weighted by Gasteiger charge is 2.01. The minimum Gasteiger partial charge on any atom is -0.394 e. The molecule has 0 aliphatic rings. The summed E-state index contributed by atoms with van der Waals surface area (Å²) < 4.78 is 10.2. The second-order valence-electron chi connectivity index (χ2n) is 9.34. The van der Waals surface area contributed by atoms with Crippen LogP contribution in [0.4, 0.5) is 0 Å². The molecule has 0 aromatic carbocycles. The van der Waals surface area contributed by atoms with Crippen molar-refractivity contribution in [3.8, 4) is 0 Å². The summed E-state index contributed by atoms with van der Waals surface area (Å²) in [5.74, 6) is 0.156. The van der Waals surface area contributed by atoms with Gasteiger partial charge in [0, 0.05) is 25.9 Å². The largest absolute Gasteiger partial charge is 0.394 e. The molecule has 0 aliphatic carbocycles. The average Bonchev–Trinajstić information content (AvgIpc) is 2.89. The molecule has 8 nitrogen and oxygen atoms in total. The highest BCUT2D eigenvalue weighted by molar-refractivity contribution is 5.76. The van der Waals surface area contributed by atoms with E-state index in [1.165, 1.54) is 18.4 Å². The molecule has 0 aliphatic heterocycles. The summed E-state index contributed by atoms with van der Waals surface area (Å²) in [4.78, 5) is 23.4. The van der Waals surface area contributed by atoms with Crippen LogP contribution < -0.4 is 10.6 Å². The molecule has 0 unspecified atom stereocenters. The molecule has 0 saturated carbocycles. The zero-order chi connectivity index (χ0) is 27.2. The van der Waals surface area contributed by atoms with Gasteiger partial charge in [0.25, 0.3) is 0 Å². The highest BCUT2D eigenvalue weighted by Crippen LogP contribution is 2.12. The quantitative estimate of drug-likeness (QED) is 0.0941. The van der Waals surface area contributed by atoms with E-state index in [0.717, 1.165) is 64.2 Å². The Balaban J connectivity index is 3.46. The predicted octanol–water partition coefficient (Wildman–Crippen LogP) is 4.20. The Labute approximate surface area is 225 Å². The smallest absolute Gasteiger partial charge is 0.220 e. The fourth-order valence-corrected chi connectivity index (χ4v) is 3.74. The maximum atomic E-state index is 11.7. The van der Waals surface area contributed by atoms with Gasteiger partial charge in [0.15, 0.2) is 0 Å². The number of rotatable bonds is 27. The molecule has 0 rings (SSSR count). The molecule has 0 bridgehead atoms. The minimum atomic E-state index is 0.0119. The van der Waals surface area contributed by atoms with Crippen molar-refractivity contribution in [2.24, 2.45) is 0 Å². The number of ether oxygens (including phenoxy) is 2. The van der Waals surface area contributed by atoms with E-state index in [1.54, 1.807) is 0 Å². The van der Waals surface area contributed by atoms with Gasteiger partial charge in [0.1, 0.15) is 0 Å². The van der Waals surface area contributed by atoms with Gasteiger partial charge in [-0.3, -0.25) is 9.59 Å². The standard InChI is InChI=1S/C29H54N2O6/c1-27(16-12-9-10-14-18-29(35)31-20-24-37-26-22-33)15-11-7-5-3-2-4-6-8-13-17-28(34)30-19-23-36-25-21-32/h3,5,15,32-33H,2,4,6-14,16-26H2,1H3,(H,30,34)(H,31,35)/b5-3+,27-15+.